The summed E-state index contributed by atoms with van der Waals surface area (Å²) in [4.78, 5) is 0. The number of furan rings is 1. The number of rotatable bonds is 9. The summed E-state index contributed by atoms with van der Waals surface area (Å²) in [6.45, 7) is 16.3. The molecule has 19 aromatic carbocycles. The maximum atomic E-state index is 7.55. The smallest absolute Gasteiger partial charge is 0.143 e. The molecule has 590 valence electrons. The second-order valence-corrected chi connectivity index (χ2v) is 36.1. The zero-order chi connectivity index (χ0) is 82.8. The van der Waals surface area contributed by atoms with E-state index < -0.39 is 5.41 Å². The van der Waals surface area contributed by atoms with Crippen molar-refractivity contribution >= 4 is 86.8 Å². The third-order valence-electron chi connectivity index (χ3n) is 28.3. The lowest BCUT2D eigenvalue weighted by Crippen LogP contribution is -2.30. The molecule has 0 spiro atoms. The average molecular weight is 1590 g/mol. The first-order valence-electron chi connectivity index (χ1n) is 43.3. The van der Waals surface area contributed by atoms with Gasteiger partial charge < -0.3 is 27.9 Å². The van der Waals surface area contributed by atoms with Gasteiger partial charge in [0.1, 0.15) is 57.2 Å². The van der Waals surface area contributed by atoms with Crippen molar-refractivity contribution in [3.8, 4) is 118 Å². The predicted octanol–water partition coefficient (Wildman–Crippen LogP) is 32.2. The van der Waals surface area contributed by atoms with Crippen LogP contribution in [0.5, 0.6) is 46.0 Å². The molecule has 6 heteroatoms. The van der Waals surface area contributed by atoms with E-state index in [0.29, 0.717) is 6.42 Å². The summed E-state index contributed by atoms with van der Waals surface area (Å²) >= 11 is 0. The van der Waals surface area contributed by atoms with Gasteiger partial charge in [-0.2, -0.15) is 0 Å². The largest absolute Gasteiger partial charge is 0.456 e. The molecular formula is C118H83NO5. The fourth-order valence-electron chi connectivity index (χ4n) is 22.3. The van der Waals surface area contributed by atoms with Crippen LogP contribution in [0.3, 0.4) is 0 Å². The van der Waals surface area contributed by atoms with Crippen molar-refractivity contribution in [2.24, 2.45) is 0 Å². The van der Waals surface area contributed by atoms with Gasteiger partial charge in [-0.1, -0.05) is 346 Å². The summed E-state index contributed by atoms with van der Waals surface area (Å²) < 4.78 is 38.9. The molecule has 0 fully saturated rings. The SMILES string of the molecule is CC1(C)c2ccccc2Oc2c(-c3cccc4c(-c5cccc6c5oc5ccc(CC7(C)c8ccccc8Oc8c(-c9cccc%10c(-c%11cccc%12c%13ccccc%13n(-c%13ccccc%13)c%11%12)c%11cccc(-c%12cccc%13c%12Oc%12ccccc%12C%13(C)C)c%11cc9%10)cccc87)cc56)c5cccc(-c6cccc7c6Oc6ccccc6C7(C)C)c5cc34)cccc21. The lowest BCUT2D eigenvalue weighted by Gasteiger charge is -2.38. The van der Waals surface area contributed by atoms with E-state index in [-0.39, 0.29) is 16.2 Å². The molecule has 1 unspecified atom stereocenters. The van der Waals surface area contributed by atoms with Crippen molar-refractivity contribution in [2.45, 2.75) is 76.5 Å². The zero-order valence-corrected chi connectivity index (χ0v) is 69.8. The first-order valence-corrected chi connectivity index (χ1v) is 43.3. The van der Waals surface area contributed by atoms with Crippen LogP contribution in [0.15, 0.2) is 368 Å². The topological polar surface area (TPSA) is 55.0 Å². The Hall–Kier alpha value is -15.0. The Kier molecular flexibility index (Phi) is 15.4. The van der Waals surface area contributed by atoms with Gasteiger partial charge in [-0.3, -0.25) is 0 Å². The second kappa shape index (κ2) is 26.5. The van der Waals surface area contributed by atoms with Gasteiger partial charge in [0.2, 0.25) is 0 Å². The third kappa shape index (κ3) is 10.3. The van der Waals surface area contributed by atoms with Crippen LogP contribution in [0.1, 0.15) is 98.5 Å². The maximum Gasteiger partial charge on any atom is 0.143 e. The number of benzene rings is 19. The molecule has 2 aromatic heterocycles. The number of fused-ring (bicyclic) bond motifs is 18. The minimum Gasteiger partial charge on any atom is -0.456 e. The van der Waals surface area contributed by atoms with Gasteiger partial charge in [0.15, 0.2) is 0 Å². The summed E-state index contributed by atoms with van der Waals surface area (Å²) in [7, 11) is 0. The van der Waals surface area contributed by atoms with Crippen molar-refractivity contribution in [3.05, 3.63) is 414 Å². The minimum absolute atomic E-state index is 0.320. The summed E-state index contributed by atoms with van der Waals surface area (Å²) in [5, 5.41) is 13.4. The van der Waals surface area contributed by atoms with Gasteiger partial charge >= 0.3 is 0 Å². The molecule has 4 aliphatic rings. The summed E-state index contributed by atoms with van der Waals surface area (Å²) in [6.07, 6.45) is 0.662. The number of ether oxygens (including phenoxy) is 4. The lowest BCUT2D eigenvalue weighted by atomic mass is 9.69. The molecule has 0 saturated carbocycles. The van der Waals surface area contributed by atoms with E-state index in [1.54, 1.807) is 0 Å². The molecule has 0 aliphatic carbocycles. The molecule has 0 radical (unpaired) electrons. The lowest BCUT2D eigenvalue weighted by molar-refractivity contribution is 0.405. The van der Waals surface area contributed by atoms with Gasteiger partial charge in [-0.05, 0) is 150 Å². The van der Waals surface area contributed by atoms with Gasteiger partial charge in [0.25, 0.3) is 0 Å². The van der Waals surface area contributed by atoms with Crippen LogP contribution in [0, 0.1) is 0 Å². The standard InChI is InChI=1S/C118H83NO5/c1-115(2)93-50-12-17-59-103(93)121-111-81(44-27-54-97(111)115)71-34-21-38-76-88(71)66-89-74(37-22-39-77(89)107(76)86-48-25-42-80-75-33-11-16-58-101(75)119(109(80)86)70-31-9-8-10-32-70)84-47-30-57-100-114(84)124-106-62-20-15-53-96(106)118(100,7)68-69-63-64-102-92(65-69)85-43-26-49-87(110(85)120-102)108-78-40-23-35-72(82-45-28-55-98-112(82)122-104-60-18-13-51-94(104)116(98,3)4)90(78)67-91-73(36-24-41-79(91)108)83-46-29-56-99-113(83)123-105-61-19-14-52-95(105)117(99,5)6/h8-67H,68H2,1-7H3. The average Bonchev–Trinajstić information content (AvgIpc) is 1.11. The Morgan fingerprint density at radius 3 is 1.05 bits per heavy atom. The number of hydrogen-bond donors (Lipinski definition) is 0. The number of aromatic nitrogens is 1. The van der Waals surface area contributed by atoms with Crippen LogP contribution in [0.2, 0.25) is 0 Å². The van der Waals surface area contributed by atoms with E-state index in [1.807, 2.05) is 0 Å². The van der Waals surface area contributed by atoms with Crippen LogP contribution in [-0.4, -0.2) is 4.57 Å². The molecule has 124 heavy (non-hydrogen) atoms. The fourth-order valence-corrected chi connectivity index (χ4v) is 22.3. The van der Waals surface area contributed by atoms with Crippen LogP contribution in [0.4, 0.5) is 0 Å². The summed E-state index contributed by atoms with van der Waals surface area (Å²) in [5.74, 6) is 6.97. The first-order chi connectivity index (χ1) is 60.7. The molecular weight excluding hydrogens is 1510 g/mol. The van der Waals surface area contributed by atoms with Crippen LogP contribution in [-0.2, 0) is 28.1 Å². The Labute approximate surface area is 719 Å². The second-order valence-electron chi connectivity index (χ2n) is 36.1. The molecule has 0 saturated heterocycles. The van der Waals surface area contributed by atoms with E-state index in [1.165, 1.54) is 33.0 Å². The van der Waals surface area contributed by atoms with Crippen molar-refractivity contribution < 1.29 is 23.4 Å². The highest BCUT2D eigenvalue weighted by atomic mass is 16.5. The van der Waals surface area contributed by atoms with Crippen molar-refractivity contribution in [1.29, 1.82) is 0 Å². The minimum atomic E-state index is -0.588. The first kappa shape index (κ1) is 71.9. The van der Waals surface area contributed by atoms with Gasteiger partial charge in [-0.25, -0.2) is 0 Å². The molecule has 6 heterocycles. The molecule has 0 bridgehead atoms. The van der Waals surface area contributed by atoms with Crippen LogP contribution < -0.4 is 18.9 Å². The Bertz CT molecular complexity index is 8040. The molecule has 1 atom stereocenters. The van der Waals surface area contributed by atoms with E-state index in [0.717, 1.165) is 222 Å². The number of nitrogens with zero attached hydrogens (tertiary/aromatic N) is 1. The van der Waals surface area contributed by atoms with E-state index in [4.69, 9.17) is 23.4 Å². The van der Waals surface area contributed by atoms with Gasteiger partial charge in [0, 0.05) is 132 Å². The quantitative estimate of drug-likeness (QED) is 0.135. The van der Waals surface area contributed by atoms with Crippen molar-refractivity contribution in [1.82, 2.24) is 4.57 Å². The third-order valence-corrected chi connectivity index (χ3v) is 28.3. The van der Waals surface area contributed by atoms with Gasteiger partial charge in [0.05, 0.1) is 11.0 Å². The Balaban J connectivity index is 0.666. The number of para-hydroxylation sites is 12. The van der Waals surface area contributed by atoms with Crippen LogP contribution in [0.25, 0.3) is 159 Å². The summed E-state index contributed by atoms with van der Waals surface area (Å²) in [6, 6.07) is 134. The van der Waals surface area contributed by atoms with E-state index in [2.05, 4.69) is 417 Å². The zero-order valence-electron chi connectivity index (χ0n) is 69.8. The van der Waals surface area contributed by atoms with Crippen molar-refractivity contribution in [2.75, 3.05) is 0 Å². The molecule has 0 amide bonds. The highest BCUT2D eigenvalue weighted by Gasteiger charge is 2.43. The normalized spacial score (nSPS) is 15.4. The molecule has 0 N–H and O–H groups in total. The highest BCUT2D eigenvalue weighted by Crippen LogP contribution is 2.61. The molecule has 6 nitrogen and oxygen atoms in total. The molecule has 25 rings (SSSR count). The van der Waals surface area contributed by atoms with Crippen LogP contribution >= 0.6 is 0 Å². The Morgan fingerprint density at radius 1 is 0.234 bits per heavy atom. The number of hydrogen-bond acceptors (Lipinski definition) is 5. The van der Waals surface area contributed by atoms with E-state index >= 15 is 0 Å². The van der Waals surface area contributed by atoms with Gasteiger partial charge in [-0.15, -0.1) is 0 Å². The summed E-state index contributed by atoms with van der Waals surface area (Å²) in [5.41, 5.74) is 26.8. The highest BCUT2D eigenvalue weighted by molar-refractivity contribution is 6.26. The molecule has 21 aromatic rings. The molecule has 4 aliphatic heterocycles. The monoisotopic (exact) mass is 1590 g/mol. The van der Waals surface area contributed by atoms with E-state index in [9.17, 15) is 0 Å². The predicted molar refractivity (Wildman–Crippen MR) is 510 cm³/mol. The van der Waals surface area contributed by atoms with Crippen molar-refractivity contribution in [3.63, 3.8) is 0 Å². The fraction of sp³-hybridized carbons (Fsp3) is 0.102. The Morgan fingerprint density at radius 2 is 0.573 bits per heavy atom. The maximum absolute atomic E-state index is 7.55.